The molecule has 0 fully saturated rings. The molecule has 4 nitrogen and oxygen atoms in total. The van der Waals surface area contributed by atoms with Crippen molar-refractivity contribution in [2.45, 2.75) is 13.8 Å². The highest BCUT2D eigenvalue weighted by Crippen LogP contribution is 2.32. The molecule has 6 rings (SSSR count). The Hall–Kier alpha value is -3.96. The third-order valence-electron chi connectivity index (χ3n) is 5.85. The molecular formula is C28H21N3OS. The van der Waals surface area contributed by atoms with Crippen LogP contribution in [0.4, 0.5) is 0 Å². The summed E-state index contributed by atoms with van der Waals surface area (Å²) in [5.74, 6) is 0.751. The molecule has 0 aliphatic heterocycles. The average Bonchev–Trinajstić information content (AvgIpc) is 3.54. The second kappa shape index (κ2) is 7.87. The summed E-state index contributed by atoms with van der Waals surface area (Å²) in [6, 6.07) is 24.6. The molecule has 0 aliphatic rings. The minimum Gasteiger partial charge on any atom is -0.454 e. The summed E-state index contributed by atoms with van der Waals surface area (Å²) in [5.41, 5.74) is 7.23. The molecule has 0 radical (unpaired) electrons. The van der Waals surface area contributed by atoms with Crippen LogP contribution in [0.5, 0.6) is 0 Å². The maximum absolute atomic E-state index is 6.15. The van der Waals surface area contributed by atoms with Crippen molar-refractivity contribution < 1.29 is 4.42 Å². The molecule has 3 heterocycles. The number of hydrogen-bond acceptors (Lipinski definition) is 4. The van der Waals surface area contributed by atoms with Gasteiger partial charge in [-0.05, 0) is 73.5 Å². The maximum atomic E-state index is 6.15. The van der Waals surface area contributed by atoms with Crippen LogP contribution < -0.4 is 0 Å². The monoisotopic (exact) mass is 447 g/mol. The lowest BCUT2D eigenvalue weighted by Gasteiger charge is -1.98. The number of thiazole rings is 1. The van der Waals surface area contributed by atoms with Gasteiger partial charge < -0.3 is 4.42 Å². The zero-order chi connectivity index (χ0) is 22.4. The average molecular weight is 448 g/mol. The highest BCUT2D eigenvalue weighted by Gasteiger charge is 2.15. The summed E-state index contributed by atoms with van der Waals surface area (Å²) >= 11 is 1.70. The van der Waals surface area contributed by atoms with Gasteiger partial charge >= 0.3 is 0 Å². The number of rotatable bonds is 4. The van der Waals surface area contributed by atoms with Crippen LogP contribution in [0.1, 0.15) is 21.7 Å². The Morgan fingerprint density at radius 3 is 2.52 bits per heavy atom. The lowest BCUT2D eigenvalue weighted by atomic mass is 10.1. The van der Waals surface area contributed by atoms with Crippen molar-refractivity contribution >= 4 is 44.7 Å². The quantitative estimate of drug-likeness (QED) is 0.278. The van der Waals surface area contributed by atoms with Gasteiger partial charge in [0.05, 0.1) is 15.9 Å². The van der Waals surface area contributed by atoms with E-state index in [1.54, 1.807) is 11.3 Å². The van der Waals surface area contributed by atoms with Crippen molar-refractivity contribution in [1.29, 1.82) is 0 Å². The maximum Gasteiger partial charge on any atom is 0.156 e. The Balaban J connectivity index is 1.45. The van der Waals surface area contributed by atoms with Crippen molar-refractivity contribution in [3.63, 3.8) is 0 Å². The van der Waals surface area contributed by atoms with Gasteiger partial charge in [-0.1, -0.05) is 36.4 Å². The molecule has 0 spiro atoms. The minimum atomic E-state index is 0.751. The van der Waals surface area contributed by atoms with Crippen LogP contribution in [0, 0.1) is 13.8 Å². The van der Waals surface area contributed by atoms with E-state index in [0.717, 1.165) is 44.2 Å². The van der Waals surface area contributed by atoms with Crippen molar-refractivity contribution in [2.75, 3.05) is 0 Å². The van der Waals surface area contributed by atoms with E-state index < -0.39 is 0 Å². The first-order valence-corrected chi connectivity index (χ1v) is 11.7. The molecule has 0 unspecified atom stereocenters. The predicted octanol–water partition coefficient (Wildman–Crippen LogP) is 7.68. The lowest BCUT2D eigenvalue weighted by Crippen LogP contribution is -1.93. The van der Waals surface area contributed by atoms with Crippen molar-refractivity contribution in [1.82, 2.24) is 14.8 Å². The van der Waals surface area contributed by atoms with E-state index >= 15 is 0 Å². The number of aromatic nitrogens is 3. The van der Waals surface area contributed by atoms with Crippen LogP contribution in [-0.2, 0) is 0 Å². The molecule has 6 aromatic rings. The highest BCUT2D eigenvalue weighted by atomic mass is 32.1. The zero-order valence-corrected chi connectivity index (χ0v) is 19.1. The molecular weight excluding hydrogens is 426 g/mol. The fraction of sp³-hybridized carbons (Fsp3) is 0.0714. The Labute approximate surface area is 195 Å². The van der Waals surface area contributed by atoms with Crippen LogP contribution in [0.25, 0.3) is 50.5 Å². The van der Waals surface area contributed by atoms with Crippen molar-refractivity contribution in [3.8, 4) is 17.1 Å². The van der Waals surface area contributed by atoms with Crippen LogP contribution in [0.15, 0.2) is 83.4 Å². The fourth-order valence-electron chi connectivity index (χ4n) is 3.94. The first-order chi connectivity index (χ1) is 16.1. The Bertz CT molecular complexity index is 1560. The number of aryl methyl sites for hydroxylation is 2. The molecule has 0 amide bonds. The fourth-order valence-corrected chi connectivity index (χ4v) is 4.89. The van der Waals surface area contributed by atoms with E-state index in [2.05, 4.69) is 44.2 Å². The van der Waals surface area contributed by atoms with Gasteiger partial charge in [0.25, 0.3) is 0 Å². The minimum absolute atomic E-state index is 0.751. The second-order valence-electron chi connectivity index (χ2n) is 8.15. The van der Waals surface area contributed by atoms with E-state index in [9.17, 15) is 0 Å². The molecule has 3 aromatic heterocycles. The largest absolute Gasteiger partial charge is 0.454 e. The summed E-state index contributed by atoms with van der Waals surface area (Å²) in [7, 11) is 0. The lowest BCUT2D eigenvalue weighted by molar-refractivity contribution is 0.627. The number of fused-ring (bicyclic) bond motifs is 2. The van der Waals surface area contributed by atoms with E-state index in [-0.39, 0.29) is 0 Å². The van der Waals surface area contributed by atoms with Gasteiger partial charge in [0.15, 0.2) is 5.76 Å². The molecule has 0 N–H and O–H groups in total. The van der Waals surface area contributed by atoms with Gasteiger partial charge in [-0.3, -0.25) is 0 Å². The van der Waals surface area contributed by atoms with E-state index in [1.807, 2.05) is 65.5 Å². The molecule has 0 saturated heterocycles. The number of furan rings is 1. The molecule has 33 heavy (non-hydrogen) atoms. The number of benzene rings is 3. The van der Waals surface area contributed by atoms with Crippen molar-refractivity contribution in [3.05, 3.63) is 101 Å². The van der Waals surface area contributed by atoms with E-state index in [4.69, 9.17) is 14.5 Å². The Kier molecular flexibility index (Phi) is 4.70. The van der Waals surface area contributed by atoms with Crippen LogP contribution in [0.2, 0.25) is 0 Å². The van der Waals surface area contributed by atoms with E-state index in [0.29, 0.717) is 0 Å². The zero-order valence-electron chi connectivity index (χ0n) is 18.3. The van der Waals surface area contributed by atoms with Gasteiger partial charge in [0, 0.05) is 17.1 Å². The molecule has 160 valence electrons. The van der Waals surface area contributed by atoms with Gasteiger partial charge in [-0.2, -0.15) is 5.10 Å². The molecule has 3 aromatic carbocycles. The van der Waals surface area contributed by atoms with Gasteiger partial charge in [0.1, 0.15) is 16.3 Å². The number of nitrogens with zero attached hydrogens (tertiary/aromatic N) is 3. The first kappa shape index (κ1) is 19.7. The van der Waals surface area contributed by atoms with Gasteiger partial charge in [0.2, 0.25) is 0 Å². The summed E-state index contributed by atoms with van der Waals surface area (Å²) < 4.78 is 9.25. The van der Waals surface area contributed by atoms with Gasteiger partial charge in [-0.15, -0.1) is 11.3 Å². The third-order valence-corrected chi connectivity index (χ3v) is 6.83. The highest BCUT2D eigenvalue weighted by molar-refractivity contribution is 7.19. The van der Waals surface area contributed by atoms with Crippen LogP contribution >= 0.6 is 11.3 Å². The first-order valence-electron chi connectivity index (χ1n) is 10.8. The molecule has 0 atom stereocenters. The Morgan fingerprint density at radius 2 is 1.67 bits per heavy atom. The standard InChI is InChI=1S/C28H21N3OS/c1-18-14-23-26(15-19(18)2)33-27(29-23)13-12-21-17-31(22-9-4-3-5-10-22)30-28(21)25-16-20-8-6-7-11-24(20)32-25/h3-17H,1-2H3. The van der Waals surface area contributed by atoms with Crippen molar-refractivity contribution in [2.24, 2.45) is 0 Å². The topological polar surface area (TPSA) is 43.9 Å². The SMILES string of the molecule is Cc1cc2nc(C=Cc3cn(-c4ccccc4)nc3-c3cc4ccccc4o3)sc2cc1C. The second-order valence-corrected chi connectivity index (χ2v) is 9.21. The molecule has 5 heteroatoms. The number of hydrogen-bond donors (Lipinski definition) is 0. The summed E-state index contributed by atoms with van der Waals surface area (Å²) in [5, 5.41) is 6.91. The molecule has 0 bridgehead atoms. The van der Waals surface area contributed by atoms with Crippen LogP contribution in [0.3, 0.4) is 0 Å². The smallest absolute Gasteiger partial charge is 0.156 e. The Morgan fingerprint density at radius 1 is 0.879 bits per heavy atom. The predicted molar refractivity (Wildman–Crippen MR) is 137 cm³/mol. The molecule has 0 aliphatic carbocycles. The summed E-state index contributed by atoms with van der Waals surface area (Å²) in [6.45, 7) is 4.27. The van der Waals surface area contributed by atoms with E-state index in [1.165, 1.54) is 15.8 Å². The summed E-state index contributed by atoms with van der Waals surface area (Å²) in [6.07, 6.45) is 6.18. The molecule has 0 saturated carbocycles. The normalized spacial score (nSPS) is 11.8. The summed E-state index contributed by atoms with van der Waals surface area (Å²) in [4.78, 5) is 4.81. The number of para-hydroxylation sites is 2. The van der Waals surface area contributed by atoms with Crippen LogP contribution in [-0.4, -0.2) is 14.8 Å². The third kappa shape index (κ3) is 3.66. The van der Waals surface area contributed by atoms with Gasteiger partial charge in [-0.25, -0.2) is 9.67 Å².